The lowest BCUT2D eigenvalue weighted by molar-refractivity contribution is 0.305. The van der Waals surface area contributed by atoms with Gasteiger partial charge in [-0.05, 0) is 49.9 Å². The molecule has 24 heavy (non-hydrogen) atoms. The van der Waals surface area contributed by atoms with Gasteiger partial charge in [0.05, 0.1) is 5.69 Å². The summed E-state index contributed by atoms with van der Waals surface area (Å²) < 4.78 is 1.71. The van der Waals surface area contributed by atoms with Crippen LogP contribution < -0.4 is 16.4 Å². The molecule has 1 aromatic heterocycles. The minimum Gasteiger partial charge on any atom is -0.369 e. The van der Waals surface area contributed by atoms with E-state index in [2.05, 4.69) is 20.1 Å². The van der Waals surface area contributed by atoms with Crippen molar-refractivity contribution in [1.29, 1.82) is 0 Å². The van der Waals surface area contributed by atoms with Crippen LogP contribution in [0.2, 0.25) is 0 Å². The summed E-state index contributed by atoms with van der Waals surface area (Å²) in [4.78, 5) is 14.9. The molecule has 8 heteroatoms. The predicted molar refractivity (Wildman–Crippen MR) is 92.9 cm³/mol. The van der Waals surface area contributed by atoms with E-state index < -0.39 is 5.66 Å². The Hall–Kier alpha value is -2.90. The molecule has 2 aromatic rings. The normalized spacial score (nSPS) is 19.9. The monoisotopic (exact) mass is 324 g/mol. The average Bonchev–Trinajstić information content (AvgIpc) is 3.10. The quantitative estimate of drug-likeness (QED) is 0.867. The van der Waals surface area contributed by atoms with Crippen molar-refractivity contribution in [3.8, 4) is 5.69 Å². The van der Waals surface area contributed by atoms with Gasteiger partial charge in [-0.3, -0.25) is 4.90 Å². The van der Waals surface area contributed by atoms with Gasteiger partial charge in [0.25, 0.3) is 0 Å². The number of nitrogens with zero attached hydrogens (tertiary/aromatic N) is 6. The van der Waals surface area contributed by atoms with Crippen LogP contribution in [0.3, 0.4) is 0 Å². The van der Waals surface area contributed by atoms with Crippen LogP contribution in [0.5, 0.6) is 0 Å². The first-order valence-electron chi connectivity index (χ1n) is 8.13. The fraction of sp³-hybridized carbons (Fsp3) is 0.375. The Kier molecular flexibility index (Phi) is 3.44. The number of hydrogen-bond donors (Lipinski definition) is 2. The van der Waals surface area contributed by atoms with Crippen LogP contribution in [-0.2, 0) is 0 Å². The second-order valence-electron chi connectivity index (χ2n) is 6.17. The number of nitrogens with two attached hydrogens (primary N) is 2. The largest absolute Gasteiger partial charge is 0.369 e. The van der Waals surface area contributed by atoms with Gasteiger partial charge in [0.2, 0.25) is 11.9 Å². The van der Waals surface area contributed by atoms with Crippen molar-refractivity contribution in [2.45, 2.75) is 37.8 Å². The molecular formula is C16H20N8. The zero-order chi connectivity index (χ0) is 16.6. The highest BCUT2D eigenvalue weighted by Crippen LogP contribution is 2.39. The molecule has 2 heterocycles. The van der Waals surface area contributed by atoms with Crippen molar-refractivity contribution >= 4 is 17.6 Å². The zero-order valence-electron chi connectivity index (χ0n) is 13.3. The standard InChI is InChI=1S/C16H20N8/c17-14-21-15(18)24(16(22-14)8-2-1-3-9-16)13-6-4-12(5-7-13)23-11-19-10-20-23/h4-7,10-11H,1-3,8-9H2,(H4,17,18,21,22). The van der Waals surface area contributed by atoms with Gasteiger partial charge in [-0.1, -0.05) is 6.42 Å². The van der Waals surface area contributed by atoms with Gasteiger partial charge in [-0.15, -0.1) is 0 Å². The highest BCUT2D eigenvalue weighted by atomic mass is 15.4. The Balaban J connectivity index is 1.71. The maximum atomic E-state index is 6.23. The first-order chi connectivity index (χ1) is 11.7. The molecule has 1 aliphatic carbocycles. The average molecular weight is 324 g/mol. The van der Waals surface area contributed by atoms with Crippen LogP contribution in [0.15, 0.2) is 46.9 Å². The maximum absolute atomic E-state index is 6.23. The summed E-state index contributed by atoms with van der Waals surface area (Å²) in [6.07, 6.45) is 8.46. The van der Waals surface area contributed by atoms with Crippen LogP contribution >= 0.6 is 0 Å². The highest BCUT2D eigenvalue weighted by molar-refractivity contribution is 6.05. The Morgan fingerprint density at radius 3 is 2.33 bits per heavy atom. The fourth-order valence-electron chi connectivity index (χ4n) is 3.59. The van der Waals surface area contributed by atoms with Crippen molar-refractivity contribution in [3.63, 3.8) is 0 Å². The van der Waals surface area contributed by atoms with Gasteiger partial charge in [0.15, 0.2) is 0 Å². The highest BCUT2D eigenvalue weighted by Gasteiger charge is 2.42. The molecule has 1 aromatic carbocycles. The third-order valence-corrected chi connectivity index (χ3v) is 4.64. The molecule has 4 N–H and O–H groups in total. The van der Waals surface area contributed by atoms with E-state index >= 15 is 0 Å². The van der Waals surface area contributed by atoms with Crippen LogP contribution in [0.1, 0.15) is 32.1 Å². The third kappa shape index (κ3) is 2.40. The number of benzene rings is 1. The van der Waals surface area contributed by atoms with Crippen LogP contribution in [0.4, 0.5) is 5.69 Å². The Morgan fingerprint density at radius 2 is 1.67 bits per heavy atom. The van der Waals surface area contributed by atoms with Crippen LogP contribution in [0, 0.1) is 0 Å². The molecule has 2 aliphatic rings. The summed E-state index contributed by atoms with van der Waals surface area (Å²) >= 11 is 0. The molecule has 0 unspecified atom stereocenters. The minimum atomic E-state index is -0.414. The number of aliphatic imine (C=N–C) groups is 2. The topological polar surface area (TPSA) is 111 Å². The number of anilines is 1. The second-order valence-corrected chi connectivity index (χ2v) is 6.17. The molecule has 124 valence electrons. The lowest BCUT2D eigenvalue weighted by Gasteiger charge is -2.45. The van der Waals surface area contributed by atoms with E-state index in [0.29, 0.717) is 5.96 Å². The third-order valence-electron chi connectivity index (χ3n) is 4.64. The van der Waals surface area contributed by atoms with Gasteiger partial charge in [-0.2, -0.15) is 10.1 Å². The summed E-state index contributed by atoms with van der Waals surface area (Å²) in [6.45, 7) is 0. The molecule has 0 saturated heterocycles. The van der Waals surface area contributed by atoms with E-state index in [-0.39, 0.29) is 5.96 Å². The number of hydrogen-bond acceptors (Lipinski definition) is 7. The maximum Gasteiger partial charge on any atom is 0.220 e. The number of rotatable bonds is 2. The fourth-order valence-corrected chi connectivity index (χ4v) is 3.59. The first-order valence-corrected chi connectivity index (χ1v) is 8.13. The van der Waals surface area contributed by atoms with E-state index in [9.17, 15) is 0 Å². The molecule has 1 fully saturated rings. The summed E-state index contributed by atoms with van der Waals surface area (Å²) in [5.41, 5.74) is 13.6. The lowest BCUT2D eigenvalue weighted by atomic mass is 9.87. The molecule has 0 bridgehead atoms. The van der Waals surface area contributed by atoms with Crippen molar-refractivity contribution in [3.05, 3.63) is 36.9 Å². The van der Waals surface area contributed by atoms with E-state index in [1.807, 2.05) is 29.2 Å². The van der Waals surface area contributed by atoms with Gasteiger partial charge >= 0.3 is 0 Å². The van der Waals surface area contributed by atoms with Crippen LogP contribution in [0.25, 0.3) is 5.69 Å². The van der Waals surface area contributed by atoms with E-state index in [4.69, 9.17) is 11.5 Å². The second kappa shape index (κ2) is 5.63. The lowest BCUT2D eigenvalue weighted by Crippen LogP contribution is -2.58. The smallest absolute Gasteiger partial charge is 0.220 e. The SMILES string of the molecule is NC1=NC2(CCCCC2)N(c2ccc(-n3cncn3)cc2)C(N)=N1. The zero-order valence-corrected chi connectivity index (χ0v) is 13.3. The Labute approximate surface area is 139 Å². The van der Waals surface area contributed by atoms with Gasteiger partial charge in [0, 0.05) is 5.69 Å². The number of aromatic nitrogens is 3. The van der Waals surface area contributed by atoms with E-state index in [1.54, 1.807) is 11.0 Å². The van der Waals surface area contributed by atoms with E-state index in [0.717, 1.165) is 37.1 Å². The van der Waals surface area contributed by atoms with E-state index in [1.165, 1.54) is 12.7 Å². The molecule has 1 saturated carbocycles. The van der Waals surface area contributed by atoms with Crippen molar-refractivity contribution in [1.82, 2.24) is 14.8 Å². The summed E-state index contributed by atoms with van der Waals surface area (Å²) in [7, 11) is 0. The Morgan fingerprint density at radius 1 is 0.958 bits per heavy atom. The number of guanidine groups is 2. The van der Waals surface area contributed by atoms with Gasteiger partial charge < -0.3 is 11.5 Å². The molecule has 0 amide bonds. The summed E-state index contributed by atoms with van der Waals surface area (Å²) in [5.74, 6) is 0.669. The molecule has 0 atom stereocenters. The minimum absolute atomic E-state index is 0.268. The Bertz CT molecular complexity index is 769. The molecular weight excluding hydrogens is 304 g/mol. The summed E-state index contributed by atoms with van der Waals surface area (Å²) in [6, 6.07) is 7.98. The molecule has 1 aliphatic heterocycles. The van der Waals surface area contributed by atoms with Crippen molar-refractivity contribution in [2.24, 2.45) is 21.5 Å². The van der Waals surface area contributed by atoms with Gasteiger partial charge in [0.1, 0.15) is 18.3 Å². The van der Waals surface area contributed by atoms with Crippen molar-refractivity contribution < 1.29 is 0 Å². The van der Waals surface area contributed by atoms with Crippen molar-refractivity contribution in [2.75, 3.05) is 4.90 Å². The van der Waals surface area contributed by atoms with Gasteiger partial charge in [-0.25, -0.2) is 14.7 Å². The predicted octanol–water partition coefficient (Wildman–Crippen LogP) is 1.38. The molecule has 4 rings (SSSR count). The summed E-state index contributed by atoms with van der Waals surface area (Å²) in [5, 5.41) is 4.14. The van der Waals surface area contributed by atoms with Crippen LogP contribution in [-0.4, -0.2) is 32.3 Å². The molecule has 0 radical (unpaired) electrons. The molecule has 1 spiro atoms. The first kappa shape index (κ1) is 14.7. The molecule has 8 nitrogen and oxygen atoms in total.